The number of amides is 2. The largest absolute Gasteiger partial charge is 0.360 e. The van der Waals surface area contributed by atoms with Crippen molar-refractivity contribution in [3.8, 4) is 0 Å². The van der Waals surface area contributed by atoms with Crippen LogP contribution in [0.2, 0.25) is 0 Å². The summed E-state index contributed by atoms with van der Waals surface area (Å²) in [6, 6.07) is 7.84. The van der Waals surface area contributed by atoms with E-state index in [1.807, 2.05) is 29.2 Å². The van der Waals surface area contributed by atoms with Gasteiger partial charge in [-0.3, -0.25) is 9.59 Å². The van der Waals surface area contributed by atoms with Crippen molar-refractivity contribution in [2.75, 3.05) is 5.32 Å². The van der Waals surface area contributed by atoms with Crippen LogP contribution >= 0.6 is 0 Å². The third-order valence-corrected chi connectivity index (χ3v) is 4.86. The first-order valence-electron chi connectivity index (χ1n) is 7.09. The van der Waals surface area contributed by atoms with Crippen LogP contribution in [0, 0.1) is 0 Å². The average molecular weight is 271 g/mol. The fourth-order valence-electron chi connectivity index (χ4n) is 4.15. The van der Waals surface area contributed by atoms with Gasteiger partial charge in [0.05, 0.1) is 11.6 Å². The van der Waals surface area contributed by atoms with Gasteiger partial charge in [-0.05, 0) is 25.0 Å². The zero-order valence-corrected chi connectivity index (χ0v) is 11.3. The van der Waals surface area contributed by atoms with Gasteiger partial charge in [0.25, 0.3) is 5.91 Å². The molecule has 104 valence electrons. The maximum Gasteiger partial charge on any atom is 0.255 e. The number of nitrogens with one attached hydrogen (secondary N) is 2. The van der Waals surface area contributed by atoms with Gasteiger partial charge in [-0.15, -0.1) is 0 Å². The molecule has 20 heavy (non-hydrogen) atoms. The maximum absolute atomic E-state index is 12.3. The molecule has 3 aliphatic rings. The Kier molecular flexibility index (Phi) is 2.20. The minimum atomic E-state index is -0.486. The van der Waals surface area contributed by atoms with Crippen molar-refractivity contribution in [1.29, 1.82) is 0 Å². The van der Waals surface area contributed by atoms with Crippen molar-refractivity contribution in [3.05, 3.63) is 29.8 Å². The monoisotopic (exact) mass is 271 g/mol. The van der Waals surface area contributed by atoms with Crippen LogP contribution in [0.1, 0.15) is 36.5 Å². The van der Waals surface area contributed by atoms with Crippen molar-refractivity contribution >= 4 is 17.5 Å². The highest BCUT2D eigenvalue weighted by molar-refractivity contribution is 6.02. The van der Waals surface area contributed by atoms with Crippen LogP contribution in [0.5, 0.6) is 0 Å². The van der Waals surface area contributed by atoms with E-state index >= 15 is 0 Å². The molecule has 0 aromatic heterocycles. The molecule has 4 rings (SSSR count). The normalized spacial score (nSPS) is 33.9. The van der Waals surface area contributed by atoms with Crippen LogP contribution in [0.15, 0.2) is 24.3 Å². The standard InChI is InChI=1S/C15H17N3O2/c1-9(19)18-10-6-7-13(18)15(8-10)16-12-5-3-2-4-11(12)14(20)17-15/h2-5,10,13,16H,6-8H2,1H3,(H,17,20)/t10-,13+,15+/m1/s1. The van der Waals surface area contributed by atoms with Crippen LogP contribution in [0.3, 0.4) is 0 Å². The SMILES string of the molecule is CC(=O)N1[C@@H]2CC[C@H]1[C@]1(C2)NC(=O)c2ccccc2N1. The summed E-state index contributed by atoms with van der Waals surface area (Å²) < 4.78 is 0. The molecule has 0 radical (unpaired) electrons. The molecule has 1 aromatic rings. The maximum atomic E-state index is 12.3. The van der Waals surface area contributed by atoms with Gasteiger partial charge in [0.15, 0.2) is 0 Å². The molecule has 5 nitrogen and oxygen atoms in total. The highest BCUT2D eigenvalue weighted by Gasteiger charge is 2.59. The number of nitrogens with zero attached hydrogens (tertiary/aromatic N) is 1. The van der Waals surface area contributed by atoms with E-state index in [1.54, 1.807) is 6.92 Å². The Bertz CT molecular complexity index is 615. The lowest BCUT2D eigenvalue weighted by molar-refractivity contribution is -0.130. The Balaban J connectivity index is 1.75. The number of para-hydroxylation sites is 1. The molecule has 1 spiro atoms. The molecular weight excluding hydrogens is 254 g/mol. The highest BCUT2D eigenvalue weighted by atomic mass is 16.2. The van der Waals surface area contributed by atoms with Crippen LogP contribution in [0.4, 0.5) is 5.69 Å². The van der Waals surface area contributed by atoms with E-state index in [2.05, 4.69) is 10.6 Å². The minimum absolute atomic E-state index is 0.0459. The predicted octanol–water partition coefficient (Wildman–Crippen LogP) is 1.32. The number of rotatable bonds is 0. The van der Waals surface area contributed by atoms with Crippen molar-refractivity contribution in [1.82, 2.24) is 10.2 Å². The molecule has 0 saturated carbocycles. The van der Waals surface area contributed by atoms with E-state index in [0.717, 1.165) is 24.9 Å². The van der Waals surface area contributed by atoms with E-state index in [1.165, 1.54) is 0 Å². The average Bonchev–Trinajstić information content (AvgIpc) is 2.94. The number of hydrogen-bond acceptors (Lipinski definition) is 3. The molecule has 0 unspecified atom stereocenters. The Morgan fingerprint density at radius 3 is 2.85 bits per heavy atom. The number of fused-ring (bicyclic) bond motifs is 4. The molecule has 2 amide bonds. The van der Waals surface area contributed by atoms with Crippen LogP contribution in [0.25, 0.3) is 0 Å². The van der Waals surface area contributed by atoms with Gasteiger partial charge in [-0.2, -0.15) is 0 Å². The smallest absolute Gasteiger partial charge is 0.255 e. The topological polar surface area (TPSA) is 61.4 Å². The summed E-state index contributed by atoms with van der Waals surface area (Å²) in [5, 5.41) is 6.61. The number of anilines is 1. The summed E-state index contributed by atoms with van der Waals surface area (Å²) in [5.41, 5.74) is 1.06. The summed E-state index contributed by atoms with van der Waals surface area (Å²) in [5.74, 6) is 0.0553. The molecule has 3 aliphatic heterocycles. The summed E-state index contributed by atoms with van der Waals surface area (Å²) >= 11 is 0. The summed E-state index contributed by atoms with van der Waals surface area (Å²) in [6.07, 6.45) is 2.77. The van der Waals surface area contributed by atoms with Crippen molar-refractivity contribution < 1.29 is 9.59 Å². The summed E-state index contributed by atoms with van der Waals surface area (Å²) in [6.45, 7) is 1.61. The fraction of sp³-hybridized carbons (Fsp3) is 0.467. The molecule has 1 aromatic carbocycles. The lowest BCUT2D eigenvalue weighted by Crippen LogP contribution is -2.64. The summed E-state index contributed by atoms with van der Waals surface area (Å²) in [4.78, 5) is 26.1. The van der Waals surface area contributed by atoms with Crippen molar-refractivity contribution in [3.63, 3.8) is 0 Å². The number of carbonyl (C=O) groups is 2. The van der Waals surface area contributed by atoms with E-state index < -0.39 is 5.66 Å². The quantitative estimate of drug-likeness (QED) is 0.748. The molecule has 0 aliphatic carbocycles. The van der Waals surface area contributed by atoms with Gasteiger partial charge in [-0.25, -0.2) is 0 Å². The minimum Gasteiger partial charge on any atom is -0.360 e. The van der Waals surface area contributed by atoms with Crippen molar-refractivity contribution in [2.45, 2.75) is 43.9 Å². The Labute approximate surface area is 117 Å². The molecule has 3 heterocycles. The lowest BCUT2D eigenvalue weighted by atomic mass is 9.86. The molecule has 5 heteroatoms. The highest BCUT2D eigenvalue weighted by Crippen LogP contribution is 2.46. The molecule has 2 bridgehead atoms. The van der Waals surface area contributed by atoms with Crippen LogP contribution < -0.4 is 10.6 Å². The van der Waals surface area contributed by atoms with Gasteiger partial charge in [0.1, 0.15) is 5.66 Å². The van der Waals surface area contributed by atoms with Crippen LogP contribution in [-0.4, -0.2) is 34.5 Å². The summed E-state index contributed by atoms with van der Waals surface area (Å²) in [7, 11) is 0. The van der Waals surface area contributed by atoms with E-state index in [4.69, 9.17) is 0 Å². The third-order valence-electron chi connectivity index (χ3n) is 4.86. The molecule has 2 fully saturated rings. The molecule has 2 N–H and O–H groups in total. The molecule has 2 saturated heterocycles. The zero-order chi connectivity index (χ0) is 13.9. The number of carbonyl (C=O) groups excluding carboxylic acids is 2. The van der Waals surface area contributed by atoms with Crippen molar-refractivity contribution in [2.24, 2.45) is 0 Å². The van der Waals surface area contributed by atoms with Gasteiger partial charge >= 0.3 is 0 Å². The first kappa shape index (κ1) is 11.8. The Morgan fingerprint density at radius 1 is 1.30 bits per heavy atom. The third kappa shape index (κ3) is 1.38. The van der Waals surface area contributed by atoms with Gasteiger partial charge in [-0.1, -0.05) is 12.1 Å². The number of hydrogen-bond donors (Lipinski definition) is 2. The van der Waals surface area contributed by atoms with Gasteiger partial charge in [0.2, 0.25) is 5.91 Å². The second kappa shape index (κ2) is 3.75. The van der Waals surface area contributed by atoms with E-state index in [0.29, 0.717) is 5.56 Å². The Hall–Kier alpha value is -2.04. The van der Waals surface area contributed by atoms with E-state index in [9.17, 15) is 9.59 Å². The fourth-order valence-corrected chi connectivity index (χ4v) is 4.15. The second-order valence-electron chi connectivity index (χ2n) is 5.97. The lowest BCUT2D eigenvalue weighted by Gasteiger charge is -2.42. The van der Waals surface area contributed by atoms with E-state index in [-0.39, 0.29) is 23.9 Å². The molecule has 3 atom stereocenters. The second-order valence-corrected chi connectivity index (χ2v) is 5.97. The Morgan fingerprint density at radius 2 is 2.10 bits per heavy atom. The first-order valence-corrected chi connectivity index (χ1v) is 7.09. The predicted molar refractivity (Wildman–Crippen MR) is 74.2 cm³/mol. The van der Waals surface area contributed by atoms with Crippen LogP contribution in [-0.2, 0) is 4.79 Å². The van der Waals surface area contributed by atoms with Gasteiger partial charge < -0.3 is 15.5 Å². The number of benzene rings is 1. The first-order chi connectivity index (χ1) is 9.61. The molecular formula is C15H17N3O2. The zero-order valence-electron chi connectivity index (χ0n) is 11.3. The van der Waals surface area contributed by atoms with Gasteiger partial charge in [0, 0.05) is 25.1 Å².